The highest BCUT2D eigenvalue weighted by Gasteiger charge is 2.26. The minimum absolute atomic E-state index is 0.0725. The zero-order valence-corrected chi connectivity index (χ0v) is 19.2. The lowest BCUT2D eigenvalue weighted by Crippen LogP contribution is -2.43. The van der Waals surface area contributed by atoms with E-state index in [9.17, 15) is 4.79 Å². The molecular formula is C27H31ClN2O2. The van der Waals surface area contributed by atoms with E-state index in [4.69, 9.17) is 16.3 Å². The summed E-state index contributed by atoms with van der Waals surface area (Å²) in [6.07, 6.45) is 7.84. The summed E-state index contributed by atoms with van der Waals surface area (Å²) in [5.41, 5.74) is 3.36. The van der Waals surface area contributed by atoms with Crippen LogP contribution >= 0.6 is 11.6 Å². The zero-order chi connectivity index (χ0) is 22.2. The third kappa shape index (κ3) is 6.24. The van der Waals surface area contributed by atoms with E-state index >= 15 is 0 Å². The Morgan fingerprint density at radius 3 is 2.53 bits per heavy atom. The summed E-state index contributed by atoms with van der Waals surface area (Å²) in [4.78, 5) is 15.3. The SMILES string of the molecule is O=C(COCc1ccccc1)N(Cc1cccn1Cc1cccc(Cl)c1)C1CCCCC1. The molecule has 3 aromatic rings. The molecule has 0 bridgehead atoms. The van der Waals surface area contributed by atoms with E-state index in [-0.39, 0.29) is 18.6 Å². The molecule has 0 N–H and O–H groups in total. The Morgan fingerprint density at radius 1 is 0.969 bits per heavy atom. The van der Waals surface area contributed by atoms with Gasteiger partial charge in [0.15, 0.2) is 0 Å². The van der Waals surface area contributed by atoms with Crippen LogP contribution < -0.4 is 0 Å². The number of hydrogen-bond donors (Lipinski definition) is 0. The van der Waals surface area contributed by atoms with Gasteiger partial charge in [-0.1, -0.05) is 73.3 Å². The number of carbonyl (C=O) groups is 1. The Kier molecular flexibility index (Phi) is 8.02. The molecule has 1 aliphatic carbocycles. The standard InChI is InChI=1S/C27H31ClN2O2/c28-24-12-7-11-23(17-24)18-29-16-8-15-26(29)19-30(25-13-5-2-6-14-25)27(31)21-32-20-22-9-3-1-4-10-22/h1,3-4,7-12,15-17,25H,2,5-6,13-14,18-21H2. The summed E-state index contributed by atoms with van der Waals surface area (Å²) in [5, 5.41) is 0.741. The predicted molar refractivity (Wildman–Crippen MR) is 129 cm³/mol. The zero-order valence-electron chi connectivity index (χ0n) is 18.5. The molecule has 1 saturated carbocycles. The van der Waals surface area contributed by atoms with Crippen molar-refractivity contribution in [1.82, 2.24) is 9.47 Å². The van der Waals surface area contributed by atoms with Crippen LogP contribution in [0.4, 0.5) is 0 Å². The van der Waals surface area contributed by atoms with Crippen LogP contribution in [0.1, 0.15) is 48.9 Å². The number of aromatic nitrogens is 1. The Hall–Kier alpha value is -2.56. The number of nitrogens with zero attached hydrogens (tertiary/aromatic N) is 2. The first-order valence-corrected chi connectivity index (χ1v) is 11.9. The average molecular weight is 451 g/mol. The molecule has 0 saturated heterocycles. The van der Waals surface area contributed by atoms with Gasteiger partial charge in [-0.2, -0.15) is 0 Å². The molecule has 0 atom stereocenters. The molecule has 0 unspecified atom stereocenters. The monoisotopic (exact) mass is 450 g/mol. The van der Waals surface area contributed by atoms with E-state index in [1.54, 1.807) is 0 Å². The van der Waals surface area contributed by atoms with Gasteiger partial charge in [-0.15, -0.1) is 0 Å². The number of halogens is 1. The molecule has 32 heavy (non-hydrogen) atoms. The highest BCUT2D eigenvalue weighted by Crippen LogP contribution is 2.25. The van der Waals surface area contributed by atoms with E-state index in [1.807, 2.05) is 53.4 Å². The van der Waals surface area contributed by atoms with E-state index in [0.29, 0.717) is 13.2 Å². The van der Waals surface area contributed by atoms with Gasteiger partial charge in [0.05, 0.1) is 13.2 Å². The van der Waals surface area contributed by atoms with Crippen LogP contribution in [-0.2, 0) is 29.2 Å². The summed E-state index contributed by atoms with van der Waals surface area (Å²) >= 11 is 6.17. The Labute approximate surface area is 195 Å². The second-order valence-corrected chi connectivity index (χ2v) is 8.99. The summed E-state index contributed by atoms with van der Waals surface area (Å²) < 4.78 is 8.01. The van der Waals surface area contributed by atoms with Gasteiger partial charge in [-0.05, 0) is 48.2 Å². The van der Waals surface area contributed by atoms with Crippen molar-refractivity contribution >= 4 is 17.5 Å². The quantitative estimate of drug-likeness (QED) is 0.396. The number of carbonyl (C=O) groups excluding carboxylic acids is 1. The topological polar surface area (TPSA) is 34.5 Å². The molecule has 2 aromatic carbocycles. The molecule has 1 aromatic heterocycles. The summed E-state index contributed by atoms with van der Waals surface area (Å²) in [6.45, 7) is 1.91. The van der Waals surface area contributed by atoms with E-state index in [0.717, 1.165) is 41.2 Å². The minimum atomic E-state index is 0.0725. The highest BCUT2D eigenvalue weighted by atomic mass is 35.5. The fourth-order valence-electron chi connectivity index (χ4n) is 4.48. The Bertz CT molecular complexity index is 996. The molecule has 4 nitrogen and oxygen atoms in total. The van der Waals surface area contributed by atoms with Gasteiger partial charge < -0.3 is 14.2 Å². The normalized spacial score (nSPS) is 14.4. The molecule has 5 heteroatoms. The van der Waals surface area contributed by atoms with Crippen LogP contribution in [0, 0.1) is 0 Å². The molecule has 0 aliphatic heterocycles. The van der Waals surface area contributed by atoms with Crippen LogP contribution in [0.15, 0.2) is 72.9 Å². The molecule has 1 aliphatic rings. The van der Waals surface area contributed by atoms with Crippen molar-refractivity contribution in [3.05, 3.63) is 94.8 Å². The van der Waals surface area contributed by atoms with E-state index in [2.05, 4.69) is 29.0 Å². The highest BCUT2D eigenvalue weighted by molar-refractivity contribution is 6.30. The van der Waals surface area contributed by atoms with Crippen molar-refractivity contribution in [2.24, 2.45) is 0 Å². The number of ether oxygens (including phenoxy) is 1. The molecule has 0 spiro atoms. The molecule has 1 amide bonds. The lowest BCUT2D eigenvalue weighted by atomic mass is 9.94. The third-order valence-electron chi connectivity index (χ3n) is 6.17. The van der Waals surface area contributed by atoms with Crippen molar-refractivity contribution in [1.29, 1.82) is 0 Å². The summed E-state index contributed by atoms with van der Waals surface area (Å²) in [6, 6.07) is 22.4. The van der Waals surface area contributed by atoms with Crippen molar-refractivity contribution in [2.45, 2.75) is 57.8 Å². The van der Waals surface area contributed by atoms with Gasteiger partial charge in [0.2, 0.25) is 5.91 Å². The first-order chi connectivity index (χ1) is 15.7. The maximum atomic E-state index is 13.2. The Morgan fingerprint density at radius 2 is 1.75 bits per heavy atom. The Balaban J connectivity index is 1.44. The largest absolute Gasteiger partial charge is 0.367 e. The summed E-state index contributed by atoms with van der Waals surface area (Å²) in [5.74, 6) is 0.0725. The number of hydrogen-bond acceptors (Lipinski definition) is 2. The van der Waals surface area contributed by atoms with Crippen LogP contribution in [0.25, 0.3) is 0 Å². The molecule has 168 valence electrons. The average Bonchev–Trinajstić information content (AvgIpc) is 3.25. The fourth-order valence-corrected chi connectivity index (χ4v) is 4.69. The maximum absolute atomic E-state index is 13.2. The lowest BCUT2D eigenvalue weighted by Gasteiger charge is -2.34. The van der Waals surface area contributed by atoms with Crippen LogP contribution in [0.3, 0.4) is 0 Å². The second kappa shape index (κ2) is 11.3. The maximum Gasteiger partial charge on any atom is 0.249 e. The number of amides is 1. The first kappa shape index (κ1) is 22.6. The van der Waals surface area contributed by atoms with Gasteiger partial charge in [-0.25, -0.2) is 0 Å². The molecule has 0 radical (unpaired) electrons. The fraction of sp³-hybridized carbons (Fsp3) is 0.370. The van der Waals surface area contributed by atoms with Crippen LogP contribution in [0.2, 0.25) is 5.02 Å². The van der Waals surface area contributed by atoms with Crippen LogP contribution in [-0.4, -0.2) is 28.0 Å². The smallest absolute Gasteiger partial charge is 0.249 e. The molecule has 4 rings (SSSR count). The second-order valence-electron chi connectivity index (χ2n) is 8.55. The molecule has 1 heterocycles. The van der Waals surface area contributed by atoms with Gasteiger partial charge in [0, 0.05) is 29.5 Å². The van der Waals surface area contributed by atoms with Crippen molar-refractivity contribution in [3.8, 4) is 0 Å². The van der Waals surface area contributed by atoms with Gasteiger partial charge in [0.25, 0.3) is 0 Å². The molecular weight excluding hydrogens is 420 g/mol. The predicted octanol–water partition coefficient (Wildman–Crippen LogP) is 6.07. The summed E-state index contributed by atoms with van der Waals surface area (Å²) in [7, 11) is 0. The minimum Gasteiger partial charge on any atom is -0.367 e. The van der Waals surface area contributed by atoms with Crippen molar-refractivity contribution < 1.29 is 9.53 Å². The lowest BCUT2D eigenvalue weighted by molar-refractivity contribution is -0.140. The third-order valence-corrected chi connectivity index (χ3v) is 6.41. The van der Waals surface area contributed by atoms with Gasteiger partial charge >= 0.3 is 0 Å². The first-order valence-electron chi connectivity index (χ1n) is 11.5. The van der Waals surface area contributed by atoms with Gasteiger partial charge in [-0.3, -0.25) is 4.79 Å². The van der Waals surface area contributed by atoms with Crippen molar-refractivity contribution in [3.63, 3.8) is 0 Å². The van der Waals surface area contributed by atoms with Crippen LogP contribution in [0.5, 0.6) is 0 Å². The molecule has 1 fully saturated rings. The van der Waals surface area contributed by atoms with E-state index < -0.39 is 0 Å². The van der Waals surface area contributed by atoms with Crippen molar-refractivity contribution in [2.75, 3.05) is 6.61 Å². The number of rotatable bonds is 9. The number of benzene rings is 2. The van der Waals surface area contributed by atoms with E-state index in [1.165, 1.54) is 19.3 Å². The van der Waals surface area contributed by atoms with Gasteiger partial charge in [0.1, 0.15) is 6.61 Å².